The van der Waals surface area contributed by atoms with Crippen molar-refractivity contribution in [3.63, 3.8) is 0 Å². The Morgan fingerprint density at radius 3 is 2.77 bits per heavy atom. The Morgan fingerprint density at radius 2 is 2.08 bits per heavy atom. The van der Waals surface area contributed by atoms with E-state index in [0.717, 1.165) is 4.47 Å². The lowest BCUT2D eigenvalue weighted by molar-refractivity contribution is 0.119. The molecule has 134 valence electrons. The summed E-state index contributed by atoms with van der Waals surface area (Å²) in [4.78, 5) is 16.5. The van der Waals surface area contributed by atoms with Crippen LogP contribution in [0, 0.1) is 12.7 Å². The van der Waals surface area contributed by atoms with Crippen molar-refractivity contribution in [3.05, 3.63) is 64.1 Å². The van der Waals surface area contributed by atoms with Gasteiger partial charge in [-0.3, -0.25) is 10.3 Å². The van der Waals surface area contributed by atoms with Gasteiger partial charge in [-0.1, -0.05) is 23.4 Å². The normalized spacial score (nSPS) is 11.8. The van der Waals surface area contributed by atoms with Crippen LogP contribution in [0.5, 0.6) is 0 Å². The third-order valence-electron chi connectivity index (χ3n) is 3.68. The molecule has 0 aliphatic heterocycles. The first-order chi connectivity index (χ1) is 12.5. The Labute approximate surface area is 157 Å². The second kappa shape index (κ2) is 7.65. The first-order valence-corrected chi connectivity index (χ1v) is 8.55. The van der Waals surface area contributed by atoms with Gasteiger partial charge in [-0.15, -0.1) is 0 Å². The van der Waals surface area contributed by atoms with Crippen molar-refractivity contribution in [2.75, 3.05) is 5.32 Å². The molecule has 26 heavy (non-hydrogen) atoms. The van der Waals surface area contributed by atoms with Crippen LogP contribution in [0.4, 0.5) is 14.9 Å². The fraction of sp³-hybridized carbons (Fsp3) is 0.167. The molecule has 2 heterocycles. The maximum Gasteiger partial charge on any atom is 0.412 e. The van der Waals surface area contributed by atoms with Crippen molar-refractivity contribution in [2.45, 2.75) is 20.0 Å². The summed E-state index contributed by atoms with van der Waals surface area (Å²) in [7, 11) is 0. The molecule has 0 radical (unpaired) electrons. The average molecular weight is 420 g/mol. The summed E-state index contributed by atoms with van der Waals surface area (Å²) in [6, 6.07) is 9.65. The summed E-state index contributed by atoms with van der Waals surface area (Å²) in [5.74, 6) is -0.126. The number of benzene rings is 1. The first-order valence-electron chi connectivity index (χ1n) is 7.76. The highest BCUT2D eigenvalue weighted by Crippen LogP contribution is 2.30. The Balaban J connectivity index is 1.77. The van der Waals surface area contributed by atoms with E-state index in [-0.39, 0.29) is 0 Å². The minimum absolute atomic E-state index is 0.291. The van der Waals surface area contributed by atoms with E-state index in [4.69, 9.17) is 9.26 Å². The van der Waals surface area contributed by atoms with Gasteiger partial charge in [-0.2, -0.15) is 0 Å². The molecule has 8 heteroatoms. The van der Waals surface area contributed by atoms with Crippen LogP contribution in [-0.4, -0.2) is 16.2 Å². The highest BCUT2D eigenvalue weighted by atomic mass is 79.9. The van der Waals surface area contributed by atoms with Crippen LogP contribution in [0.1, 0.15) is 24.3 Å². The van der Waals surface area contributed by atoms with Crippen LogP contribution in [0.25, 0.3) is 11.5 Å². The second-order valence-electron chi connectivity index (χ2n) is 5.53. The van der Waals surface area contributed by atoms with E-state index in [2.05, 4.69) is 31.4 Å². The van der Waals surface area contributed by atoms with Crippen molar-refractivity contribution in [1.29, 1.82) is 0 Å². The molecule has 1 aromatic carbocycles. The number of amides is 1. The Hall–Kier alpha value is -2.74. The summed E-state index contributed by atoms with van der Waals surface area (Å²) < 4.78 is 25.2. The number of ether oxygens (including phenoxy) is 1. The van der Waals surface area contributed by atoms with E-state index in [0.29, 0.717) is 28.4 Å². The number of hydrogen-bond donors (Lipinski definition) is 1. The molecule has 0 saturated carbocycles. The SMILES string of the molecule is Cc1noc(-c2ccc(Br)cn2)c1NC(=O)O[C@H](C)c1ccccc1F. The number of anilines is 1. The molecule has 2 aromatic heterocycles. The van der Waals surface area contributed by atoms with Crippen molar-refractivity contribution in [1.82, 2.24) is 10.1 Å². The van der Waals surface area contributed by atoms with Crippen LogP contribution in [-0.2, 0) is 4.74 Å². The third kappa shape index (κ3) is 3.91. The number of carbonyl (C=O) groups excluding carboxylic acids is 1. The van der Waals surface area contributed by atoms with Crippen LogP contribution in [0.3, 0.4) is 0 Å². The molecule has 6 nitrogen and oxygen atoms in total. The van der Waals surface area contributed by atoms with Gasteiger partial charge in [0.25, 0.3) is 0 Å². The van der Waals surface area contributed by atoms with Crippen LogP contribution < -0.4 is 5.32 Å². The highest BCUT2D eigenvalue weighted by molar-refractivity contribution is 9.10. The molecule has 3 rings (SSSR count). The summed E-state index contributed by atoms with van der Waals surface area (Å²) in [5, 5.41) is 6.46. The standard InChI is InChI=1S/C18H15BrFN3O3/c1-10-16(17(26-23-10)15-8-7-12(19)9-21-15)22-18(24)25-11(2)13-5-3-4-6-14(13)20/h3-9,11H,1-2H3,(H,22,24)/t11-/m1/s1. The van der Waals surface area contributed by atoms with Gasteiger partial charge in [0, 0.05) is 16.2 Å². The number of rotatable bonds is 4. The zero-order valence-corrected chi connectivity index (χ0v) is 15.6. The van der Waals surface area contributed by atoms with Crippen LogP contribution >= 0.6 is 15.9 Å². The molecule has 0 spiro atoms. The van der Waals surface area contributed by atoms with E-state index in [1.165, 1.54) is 6.07 Å². The number of aromatic nitrogens is 2. The van der Waals surface area contributed by atoms with Gasteiger partial charge in [0.15, 0.2) is 0 Å². The number of halogens is 2. The van der Waals surface area contributed by atoms with Gasteiger partial charge in [-0.05, 0) is 48.0 Å². The van der Waals surface area contributed by atoms with E-state index in [1.54, 1.807) is 50.4 Å². The lowest BCUT2D eigenvalue weighted by atomic mass is 10.1. The molecule has 3 aromatic rings. The van der Waals surface area contributed by atoms with Gasteiger partial charge in [0.2, 0.25) is 5.76 Å². The predicted molar refractivity (Wildman–Crippen MR) is 97.1 cm³/mol. The second-order valence-corrected chi connectivity index (χ2v) is 6.44. The van der Waals surface area contributed by atoms with Crippen molar-refractivity contribution in [2.24, 2.45) is 0 Å². The van der Waals surface area contributed by atoms with Crippen molar-refractivity contribution in [3.8, 4) is 11.5 Å². The zero-order chi connectivity index (χ0) is 18.7. The van der Waals surface area contributed by atoms with E-state index < -0.39 is 18.0 Å². The van der Waals surface area contributed by atoms with Gasteiger partial charge >= 0.3 is 6.09 Å². The Kier molecular flexibility index (Phi) is 5.32. The third-order valence-corrected chi connectivity index (χ3v) is 4.15. The number of aryl methyl sites for hydroxylation is 1. The quantitative estimate of drug-likeness (QED) is 0.624. The van der Waals surface area contributed by atoms with Gasteiger partial charge in [-0.25, -0.2) is 9.18 Å². The monoisotopic (exact) mass is 419 g/mol. The largest absolute Gasteiger partial charge is 0.441 e. The van der Waals surface area contributed by atoms with E-state index >= 15 is 0 Å². The van der Waals surface area contributed by atoms with Gasteiger partial charge < -0.3 is 9.26 Å². The maximum atomic E-state index is 13.8. The average Bonchev–Trinajstić information content (AvgIpc) is 2.96. The number of pyridine rings is 1. The number of nitrogens with one attached hydrogen (secondary N) is 1. The lowest BCUT2D eigenvalue weighted by Crippen LogP contribution is -2.17. The smallest absolute Gasteiger partial charge is 0.412 e. The molecular formula is C18H15BrFN3O3. The summed E-state index contributed by atoms with van der Waals surface area (Å²) >= 11 is 3.31. The molecular weight excluding hydrogens is 405 g/mol. The molecule has 1 N–H and O–H groups in total. The molecule has 1 atom stereocenters. The minimum atomic E-state index is -0.759. The molecule has 0 aliphatic carbocycles. The van der Waals surface area contributed by atoms with Crippen molar-refractivity contribution >= 4 is 27.7 Å². The lowest BCUT2D eigenvalue weighted by Gasteiger charge is -2.14. The van der Waals surface area contributed by atoms with E-state index in [1.807, 2.05) is 0 Å². The fourth-order valence-corrected chi connectivity index (χ4v) is 2.60. The molecule has 0 bridgehead atoms. The Morgan fingerprint density at radius 1 is 1.31 bits per heavy atom. The van der Waals surface area contributed by atoms with Crippen LogP contribution in [0.2, 0.25) is 0 Å². The molecule has 0 unspecified atom stereocenters. The molecule has 0 saturated heterocycles. The van der Waals surface area contributed by atoms with Crippen LogP contribution in [0.15, 0.2) is 51.6 Å². The first kappa shape index (κ1) is 18.1. The molecule has 0 aliphatic rings. The van der Waals surface area contributed by atoms with Gasteiger partial charge in [0.05, 0.1) is 0 Å². The van der Waals surface area contributed by atoms with Gasteiger partial charge in [0.1, 0.15) is 29.0 Å². The molecule has 1 amide bonds. The number of carbonyl (C=O) groups is 1. The zero-order valence-electron chi connectivity index (χ0n) is 14.0. The summed E-state index contributed by atoms with van der Waals surface area (Å²) in [6.45, 7) is 3.28. The van der Waals surface area contributed by atoms with E-state index in [9.17, 15) is 9.18 Å². The predicted octanol–water partition coefficient (Wildman–Crippen LogP) is 5.26. The fourth-order valence-electron chi connectivity index (χ4n) is 2.36. The Bertz CT molecular complexity index is 928. The highest BCUT2D eigenvalue weighted by Gasteiger charge is 2.21. The summed E-state index contributed by atoms with van der Waals surface area (Å²) in [5.41, 5.74) is 1.62. The minimum Gasteiger partial charge on any atom is -0.441 e. The number of nitrogens with zero attached hydrogens (tertiary/aromatic N) is 2. The summed E-state index contributed by atoms with van der Waals surface area (Å²) in [6.07, 6.45) is 0.103. The van der Waals surface area contributed by atoms with Crippen molar-refractivity contribution < 1.29 is 18.4 Å². The molecule has 0 fully saturated rings. The topological polar surface area (TPSA) is 77.3 Å². The number of hydrogen-bond acceptors (Lipinski definition) is 5. The maximum absolute atomic E-state index is 13.8.